The Morgan fingerprint density at radius 2 is 2.04 bits per heavy atom. The normalized spacial score (nSPS) is 10.8. The summed E-state index contributed by atoms with van der Waals surface area (Å²) in [5.41, 5.74) is 0.150. The van der Waals surface area contributed by atoms with Gasteiger partial charge < -0.3 is 14.8 Å². The van der Waals surface area contributed by atoms with E-state index in [1.807, 2.05) is 28.7 Å². The zero-order chi connectivity index (χ0) is 20.8. The van der Waals surface area contributed by atoms with E-state index in [4.69, 9.17) is 21.1 Å². The molecule has 2 aromatic carbocycles. The van der Waals surface area contributed by atoms with Crippen molar-refractivity contribution < 1.29 is 19.2 Å². The van der Waals surface area contributed by atoms with Gasteiger partial charge in [0.1, 0.15) is 16.7 Å². The third kappa shape index (κ3) is 4.90. The van der Waals surface area contributed by atoms with Gasteiger partial charge in [0.05, 0.1) is 22.7 Å². The second kappa shape index (κ2) is 9.38. The van der Waals surface area contributed by atoms with E-state index >= 15 is 0 Å². The van der Waals surface area contributed by atoms with Crippen LogP contribution in [0.25, 0.3) is 6.08 Å². The molecule has 2 aromatic rings. The molecule has 0 saturated carbocycles. The highest BCUT2D eigenvalue weighted by Gasteiger charge is 2.16. The number of carbonyl (C=O) groups is 1. The summed E-state index contributed by atoms with van der Waals surface area (Å²) in [5.74, 6) is 0.271. The molecular formula is C18H13ClIN3O5. The van der Waals surface area contributed by atoms with Crippen LogP contribution in [0.2, 0.25) is 5.02 Å². The number of nitro groups is 1. The van der Waals surface area contributed by atoms with Gasteiger partial charge >= 0.3 is 0 Å². The number of nitriles is 1. The molecule has 28 heavy (non-hydrogen) atoms. The number of anilines is 1. The molecule has 0 saturated heterocycles. The van der Waals surface area contributed by atoms with Crippen molar-refractivity contribution in [3.05, 3.63) is 60.2 Å². The fourth-order valence-electron chi connectivity index (χ4n) is 2.27. The van der Waals surface area contributed by atoms with E-state index in [-0.39, 0.29) is 22.0 Å². The van der Waals surface area contributed by atoms with Gasteiger partial charge in [-0.1, -0.05) is 11.6 Å². The standard InChI is InChI=1S/C18H13ClIN3O5/c1-27-16-7-10(6-14(20)17(16)28-2)5-11(9-21)18(24)22-12-3-4-13(19)15(8-12)23(25)26/h3-8H,1-2H3,(H,22,24)/b11-5+. The quantitative estimate of drug-likeness (QED) is 0.201. The van der Waals surface area contributed by atoms with Gasteiger partial charge in [0, 0.05) is 11.8 Å². The number of nitrogens with zero attached hydrogens (tertiary/aromatic N) is 2. The van der Waals surface area contributed by atoms with Gasteiger partial charge in [0.2, 0.25) is 0 Å². The van der Waals surface area contributed by atoms with Crippen LogP contribution in [0.4, 0.5) is 11.4 Å². The number of ether oxygens (including phenoxy) is 2. The third-order valence-electron chi connectivity index (χ3n) is 3.53. The zero-order valence-corrected chi connectivity index (χ0v) is 17.6. The van der Waals surface area contributed by atoms with Crippen LogP contribution in [0, 0.1) is 25.0 Å². The summed E-state index contributed by atoms with van der Waals surface area (Å²) in [5, 5.41) is 22.7. The maximum absolute atomic E-state index is 12.4. The van der Waals surface area contributed by atoms with Gasteiger partial charge in [-0.2, -0.15) is 5.26 Å². The Balaban J connectivity index is 2.34. The van der Waals surface area contributed by atoms with Crippen LogP contribution in [0.5, 0.6) is 11.5 Å². The number of nitro benzene ring substituents is 1. The van der Waals surface area contributed by atoms with Crippen molar-refractivity contribution >= 4 is 57.5 Å². The number of amides is 1. The van der Waals surface area contributed by atoms with E-state index in [9.17, 15) is 20.2 Å². The molecular weight excluding hydrogens is 501 g/mol. The minimum Gasteiger partial charge on any atom is -0.493 e. The highest BCUT2D eigenvalue weighted by atomic mass is 127. The van der Waals surface area contributed by atoms with Gasteiger partial charge in [-0.15, -0.1) is 0 Å². The lowest BCUT2D eigenvalue weighted by molar-refractivity contribution is -0.384. The first-order chi connectivity index (χ1) is 13.3. The molecule has 0 radical (unpaired) electrons. The molecule has 1 N–H and O–H groups in total. The van der Waals surface area contributed by atoms with E-state index in [1.165, 1.54) is 32.4 Å². The van der Waals surface area contributed by atoms with Gasteiger partial charge in [0.25, 0.3) is 11.6 Å². The number of hydrogen-bond acceptors (Lipinski definition) is 6. The molecule has 10 heteroatoms. The lowest BCUT2D eigenvalue weighted by Gasteiger charge is -2.11. The predicted octanol–water partition coefficient (Wildman–Crippen LogP) is 4.42. The minimum atomic E-state index is -0.719. The SMILES string of the molecule is COc1cc(/C=C(\C#N)C(=O)Nc2ccc(Cl)c([N+](=O)[O-])c2)cc(I)c1OC. The molecule has 0 atom stereocenters. The van der Waals surface area contributed by atoms with Crippen LogP contribution >= 0.6 is 34.2 Å². The fourth-order valence-corrected chi connectivity index (χ4v) is 3.30. The highest BCUT2D eigenvalue weighted by molar-refractivity contribution is 14.1. The van der Waals surface area contributed by atoms with Crippen LogP contribution < -0.4 is 14.8 Å². The Morgan fingerprint density at radius 1 is 1.32 bits per heavy atom. The summed E-state index contributed by atoms with van der Waals surface area (Å²) in [7, 11) is 2.99. The van der Waals surface area contributed by atoms with Crippen LogP contribution in [0.1, 0.15) is 5.56 Å². The molecule has 144 valence electrons. The van der Waals surface area contributed by atoms with Crippen LogP contribution in [0.15, 0.2) is 35.9 Å². The maximum Gasteiger partial charge on any atom is 0.289 e. The molecule has 8 nitrogen and oxygen atoms in total. The van der Waals surface area contributed by atoms with Crippen LogP contribution in [-0.2, 0) is 4.79 Å². The number of halogens is 2. The second-order valence-electron chi connectivity index (χ2n) is 5.29. The summed E-state index contributed by atoms with van der Waals surface area (Å²) in [6, 6.07) is 8.98. The molecule has 1 amide bonds. The van der Waals surface area contributed by atoms with E-state index in [0.29, 0.717) is 17.1 Å². The van der Waals surface area contributed by atoms with Crippen LogP contribution in [0.3, 0.4) is 0 Å². The zero-order valence-electron chi connectivity index (χ0n) is 14.7. The fraction of sp³-hybridized carbons (Fsp3) is 0.111. The Bertz CT molecular complexity index is 1020. The molecule has 0 fully saturated rings. The van der Waals surface area contributed by atoms with Crippen molar-refractivity contribution in [2.45, 2.75) is 0 Å². The first kappa shape index (κ1) is 21.5. The van der Waals surface area contributed by atoms with Crippen molar-refractivity contribution in [2.75, 3.05) is 19.5 Å². The molecule has 0 aliphatic rings. The summed E-state index contributed by atoms with van der Waals surface area (Å²) in [6.45, 7) is 0. The van der Waals surface area contributed by atoms with Crippen molar-refractivity contribution in [2.24, 2.45) is 0 Å². The first-order valence-corrected chi connectivity index (χ1v) is 9.05. The Kier molecular flexibility index (Phi) is 7.19. The van der Waals surface area contributed by atoms with Gasteiger partial charge in [-0.3, -0.25) is 14.9 Å². The van der Waals surface area contributed by atoms with Crippen LogP contribution in [-0.4, -0.2) is 25.1 Å². The Morgan fingerprint density at radius 3 is 2.61 bits per heavy atom. The van der Waals surface area contributed by atoms with Crippen molar-refractivity contribution in [3.8, 4) is 17.6 Å². The monoisotopic (exact) mass is 513 g/mol. The van der Waals surface area contributed by atoms with Gasteiger partial charge in [-0.05, 0) is 58.5 Å². The predicted molar refractivity (Wildman–Crippen MR) is 113 cm³/mol. The average Bonchev–Trinajstić information content (AvgIpc) is 2.66. The highest BCUT2D eigenvalue weighted by Crippen LogP contribution is 2.34. The molecule has 2 rings (SSSR count). The second-order valence-corrected chi connectivity index (χ2v) is 6.85. The minimum absolute atomic E-state index is 0.0565. The smallest absolute Gasteiger partial charge is 0.289 e. The van der Waals surface area contributed by atoms with Crippen molar-refractivity contribution in [1.82, 2.24) is 0 Å². The summed E-state index contributed by atoms with van der Waals surface area (Å²) in [6.07, 6.45) is 1.38. The average molecular weight is 514 g/mol. The van der Waals surface area contributed by atoms with E-state index < -0.39 is 10.8 Å². The number of rotatable bonds is 6. The van der Waals surface area contributed by atoms with Gasteiger partial charge in [0.15, 0.2) is 11.5 Å². The van der Waals surface area contributed by atoms with Gasteiger partial charge in [-0.25, -0.2) is 0 Å². The molecule has 0 heterocycles. The topological polar surface area (TPSA) is 114 Å². The number of benzene rings is 2. The Hall–Kier alpha value is -2.84. The summed E-state index contributed by atoms with van der Waals surface area (Å²) < 4.78 is 11.2. The number of nitrogens with one attached hydrogen (secondary N) is 1. The lowest BCUT2D eigenvalue weighted by atomic mass is 10.1. The Labute approximate surface area is 179 Å². The third-order valence-corrected chi connectivity index (χ3v) is 4.65. The molecule has 0 aromatic heterocycles. The molecule has 0 bridgehead atoms. The van der Waals surface area contributed by atoms with E-state index in [0.717, 1.165) is 9.64 Å². The van der Waals surface area contributed by atoms with Crippen molar-refractivity contribution in [1.29, 1.82) is 5.26 Å². The number of hydrogen-bond donors (Lipinski definition) is 1. The van der Waals surface area contributed by atoms with E-state index in [1.54, 1.807) is 12.1 Å². The molecule has 0 spiro atoms. The first-order valence-electron chi connectivity index (χ1n) is 7.59. The molecule has 0 unspecified atom stereocenters. The van der Waals surface area contributed by atoms with E-state index in [2.05, 4.69) is 5.32 Å². The number of methoxy groups -OCH3 is 2. The summed E-state index contributed by atoms with van der Waals surface area (Å²) in [4.78, 5) is 22.7. The maximum atomic E-state index is 12.4. The number of carbonyl (C=O) groups excluding carboxylic acids is 1. The molecule has 0 aliphatic heterocycles. The largest absolute Gasteiger partial charge is 0.493 e. The lowest BCUT2D eigenvalue weighted by Crippen LogP contribution is -2.13. The van der Waals surface area contributed by atoms with Crippen molar-refractivity contribution in [3.63, 3.8) is 0 Å². The molecule has 0 aliphatic carbocycles. The summed E-state index contributed by atoms with van der Waals surface area (Å²) >= 11 is 7.80.